The van der Waals surface area contributed by atoms with Crippen LogP contribution in [0.15, 0.2) is 12.2 Å². The second kappa shape index (κ2) is 7.54. The number of carbonyl (C=O) groups excluding carboxylic acids is 2. The van der Waals surface area contributed by atoms with Crippen molar-refractivity contribution in [1.82, 2.24) is 0 Å². The summed E-state index contributed by atoms with van der Waals surface area (Å²) in [6.45, 7) is 1.01. The zero-order chi connectivity index (χ0) is 20.3. The molecule has 0 heterocycles. The van der Waals surface area contributed by atoms with E-state index in [1.165, 1.54) is 0 Å². The Labute approximate surface area is 135 Å². The molecule has 0 rings (SSSR count). The van der Waals surface area contributed by atoms with E-state index in [4.69, 9.17) is 0 Å². The highest BCUT2D eigenvalue weighted by Crippen LogP contribution is 2.38. The summed E-state index contributed by atoms with van der Waals surface area (Å²) in [4.78, 5) is 22.7. The summed E-state index contributed by atoms with van der Waals surface area (Å²) in [7, 11) is 0.382. The van der Waals surface area contributed by atoms with Gasteiger partial charge >= 0.3 is 30.1 Å². The Bertz CT molecular complexity index is 519. The van der Waals surface area contributed by atoms with Crippen LogP contribution in [0.3, 0.4) is 0 Å². The van der Waals surface area contributed by atoms with Gasteiger partial charge in [0.1, 0.15) is 5.57 Å². The summed E-state index contributed by atoms with van der Waals surface area (Å²) in [5.74, 6) is -13.4. The van der Waals surface area contributed by atoms with Gasteiger partial charge in [-0.15, -0.1) is 0 Å². The van der Waals surface area contributed by atoms with Crippen LogP contribution >= 0.6 is 0 Å². The molecular weight excluding hydrogens is 376 g/mol. The minimum absolute atomic E-state index is 0.307. The summed E-state index contributed by atoms with van der Waals surface area (Å²) < 4.78 is 113. The lowest BCUT2D eigenvalue weighted by Gasteiger charge is -2.32. The molecular formula is C12H12F8O5. The van der Waals surface area contributed by atoms with E-state index in [9.17, 15) is 44.7 Å². The van der Waals surface area contributed by atoms with Gasteiger partial charge < -0.3 is 14.2 Å². The first-order valence-electron chi connectivity index (χ1n) is 6.14. The Morgan fingerprint density at radius 2 is 1.48 bits per heavy atom. The first-order valence-corrected chi connectivity index (χ1v) is 6.14. The number of rotatable bonds is 7. The summed E-state index contributed by atoms with van der Waals surface area (Å²) in [6.07, 6.45) is -12.8. The molecule has 0 saturated heterocycles. The minimum atomic E-state index is -5.94. The lowest BCUT2D eigenvalue weighted by molar-refractivity contribution is -0.356. The van der Waals surface area contributed by atoms with Crippen LogP contribution in [0.1, 0.15) is 13.3 Å². The van der Waals surface area contributed by atoms with Crippen LogP contribution in [-0.4, -0.2) is 49.7 Å². The maximum Gasteiger partial charge on any atom is 0.468 e. The van der Waals surface area contributed by atoms with Gasteiger partial charge in [-0.3, -0.25) is 0 Å². The molecule has 0 aliphatic heterocycles. The second-order valence-electron chi connectivity index (χ2n) is 4.64. The standard InChI is InChI=1S/C12H12F8O5/c1-6(11(15,16)17)7(21)25-10(8(22)23-3,12(18,19)20)24-5-4-9(2,13)14/h1,4-5H2,2-3H3. The molecule has 1 atom stereocenters. The van der Waals surface area contributed by atoms with Crippen LogP contribution in [0.25, 0.3) is 0 Å². The van der Waals surface area contributed by atoms with E-state index in [0.717, 1.165) is 0 Å². The summed E-state index contributed by atoms with van der Waals surface area (Å²) in [5.41, 5.74) is -2.38. The molecule has 146 valence electrons. The quantitative estimate of drug-likeness (QED) is 0.290. The number of ether oxygens (including phenoxy) is 3. The van der Waals surface area contributed by atoms with Gasteiger partial charge in [-0.1, -0.05) is 6.58 Å². The molecule has 0 aromatic rings. The highest BCUT2D eigenvalue weighted by atomic mass is 19.4. The third-order valence-electron chi connectivity index (χ3n) is 2.50. The van der Waals surface area contributed by atoms with Gasteiger partial charge in [-0.25, -0.2) is 18.4 Å². The highest BCUT2D eigenvalue weighted by Gasteiger charge is 2.68. The fraction of sp³-hybridized carbons (Fsp3) is 0.667. The fourth-order valence-corrected chi connectivity index (χ4v) is 1.20. The van der Waals surface area contributed by atoms with Crippen molar-refractivity contribution in [3.8, 4) is 0 Å². The number of carbonyl (C=O) groups is 2. The molecule has 1 unspecified atom stereocenters. The van der Waals surface area contributed by atoms with Gasteiger partial charge in [0, 0.05) is 6.42 Å². The van der Waals surface area contributed by atoms with Crippen molar-refractivity contribution in [2.24, 2.45) is 0 Å². The lowest BCUT2D eigenvalue weighted by atomic mass is 10.2. The summed E-state index contributed by atoms with van der Waals surface area (Å²) >= 11 is 0. The molecule has 0 aromatic carbocycles. The molecule has 0 amide bonds. The molecule has 13 heteroatoms. The van der Waals surface area contributed by atoms with Gasteiger partial charge in [0.05, 0.1) is 13.7 Å². The predicted octanol–water partition coefficient (Wildman–Crippen LogP) is 3.14. The SMILES string of the molecule is C=C(C(=O)OC(OCCC(C)(F)F)(C(=O)OC)C(F)(F)F)C(F)(F)F. The third kappa shape index (κ3) is 6.14. The summed E-state index contributed by atoms with van der Waals surface area (Å²) in [6, 6.07) is 0. The first-order chi connectivity index (χ1) is 11.0. The molecule has 0 aromatic heterocycles. The van der Waals surface area contributed by atoms with E-state index >= 15 is 0 Å². The second-order valence-corrected chi connectivity index (χ2v) is 4.64. The molecule has 0 saturated carbocycles. The molecule has 0 spiro atoms. The fourth-order valence-electron chi connectivity index (χ4n) is 1.20. The molecule has 0 aliphatic rings. The van der Waals surface area contributed by atoms with Crippen molar-refractivity contribution in [2.45, 2.75) is 37.4 Å². The van der Waals surface area contributed by atoms with Crippen LogP contribution in [0.5, 0.6) is 0 Å². The average molecular weight is 388 g/mol. The van der Waals surface area contributed by atoms with Gasteiger partial charge in [0.25, 0.3) is 0 Å². The zero-order valence-electron chi connectivity index (χ0n) is 12.7. The lowest BCUT2D eigenvalue weighted by Crippen LogP contribution is -2.58. The van der Waals surface area contributed by atoms with Gasteiger partial charge in [-0.2, -0.15) is 26.3 Å². The molecule has 0 fully saturated rings. The molecule has 0 radical (unpaired) electrons. The van der Waals surface area contributed by atoms with E-state index < -0.39 is 54.6 Å². The maximum absolute atomic E-state index is 13.2. The number of alkyl halides is 8. The Kier molecular flexibility index (Phi) is 6.96. The van der Waals surface area contributed by atoms with E-state index in [-0.39, 0.29) is 0 Å². The van der Waals surface area contributed by atoms with Crippen LogP contribution in [0.2, 0.25) is 0 Å². The van der Waals surface area contributed by atoms with Crippen molar-refractivity contribution >= 4 is 11.9 Å². The normalized spacial score (nSPS) is 15.3. The average Bonchev–Trinajstić information content (AvgIpc) is 2.40. The number of halogens is 8. The van der Waals surface area contributed by atoms with Crippen molar-refractivity contribution < 1.29 is 58.9 Å². The predicted molar refractivity (Wildman–Crippen MR) is 63.3 cm³/mol. The molecule has 0 N–H and O–H groups in total. The highest BCUT2D eigenvalue weighted by molar-refractivity contribution is 5.92. The molecule has 25 heavy (non-hydrogen) atoms. The number of hydrogen-bond acceptors (Lipinski definition) is 5. The van der Waals surface area contributed by atoms with Crippen molar-refractivity contribution in [2.75, 3.05) is 13.7 Å². The Morgan fingerprint density at radius 1 is 1.00 bits per heavy atom. The van der Waals surface area contributed by atoms with E-state index in [0.29, 0.717) is 14.0 Å². The van der Waals surface area contributed by atoms with Gasteiger partial charge in [-0.05, 0) is 6.92 Å². The number of esters is 2. The van der Waals surface area contributed by atoms with Crippen LogP contribution in [0.4, 0.5) is 35.1 Å². The van der Waals surface area contributed by atoms with E-state index in [2.05, 4.69) is 20.8 Å². The van der Waals surface area contributed by atoms with Crippen molar-refractivity contribution in [3.63, 3.8) is 0 Å². The molecule has 0 aliphatic carbocycles. The Morgan fingerprint density at radius 3 is 1.80 bits per heavy atom. The van der Waals surface area contributed by atoms with Gasteiger partial charge in [0.15, 0.2) is 0 Å². The Balaban J connectivity index is 5.76. The number of methoxy groups -OCH3 is 1. The maximum atomic E-state index is 13.2. The monoisotopic (exact) mass is 388 g/mol. The van der Waals surface area contributed by atoms with Gasteiger partial charge in [0.2, 0.25) is 5.92 Å². The van der Waals surface area contributed by atoms with E-state index in [1.54, 1.807) is 0 Å². The number of hydrogen-bond donors (Lipinski definition) is 0. The smallest absolute Gasteiger partial charge is 0.464 e. The van der Waals surface area contributed by atoms with E-state index in [1.807, 2.05) is 0 Å². The topological polar surface area (TPSA) is 61.8 Å². The van der Waals surface area contributed by atoms with Crippen LogP contribution < -0.4 is 0 Å². The molecule has 0 bridgehead atoms. The van der Waals surface area contributed by atoms with Crippen LogP contribution in [-0.2, 0) is 23.8 Å². The zero-order valence-corrected chi connectivity index (χ0v) is 12.7. The van der Waals surface area contributed by atoms with Crippen molar-refractivity contribution in [1.29, 1.82) is 0 Å². The molecule has 5 nitrogen and oxygen atoms in total. The van der Waals surface area contributed by atoms with Crippen LogP contribution in [0, 0.1) is 0 Å². The largest absolute Gasteiger partial charge is 0.468 e. The Hall–Kier alpha value is -1.92. The minimum Gasteiger partial charge on any atom is -0.464 e. The first kappa shape index (κ1) is 23.1. The van der Waals surface area contributed by atoms with Crippen molar-refractivity contribution in [3.05, 3.63) is 12.2 Å². The third-order valence-corrected chi connectivity index (χ3v) is 2.50. The summed E-state index contributed by atoms with van der Waals surface area (Å²) in [5, 5.41) is 0.